The van der Waals surface area contributed by atoms with Crippen LogP contribution in [0.25, 0.3) is 0 Å². The van der Waals surface area contributed by atoms with Gasteiger partial charge in [-0.15, -0.1) is 0 Å². The number of hydrogen-bond acceptors (Lipinski definition) is 5. The highest BCUT2D eigenvalue weighted by Gasteiger charge is 2.14. The molecule has 0 spiro atoms. The molecule has 0 unspecified atom stereocenters. The van der Waals surface area contributed by atoms with E-state index in [1.807, 2.05) is 72.8 Å². The zero-order valence-corrected chi connectivity index (χ0v) is 15.7. The Labute approximate surface area is 165 Å². The van der Waals surface area contributed by atoms with Crippen LogP contribution in [0.4, 0.5) is 17.1 Å². The Morgan fingerprint density at radius 2 is 1.39 bits per heavy atom. The van der Waals surface area contributed by atoms with Crippen molar-refractivity contribution in [2.75, 3.05) is 24.7 Å². The third kappa shape index (κ3) is 4.89. The van der Waals surface area contributed by atoms with E-state index < -0.39 is 0 Å². The molecule has 0 aliphatic rings. The first kappa shape index (κ1) is 19.9. The number of benzene rings is 3. The maximum absolute atomic E-state index is 9.54. The number of nitrogens with zero attached hydrogens (tertiary/aromatic N) is 1. The van der Waals surface area contributed by atoms with Crippen LogP contribution in [0, 0.1) is 0 Å². The van der Waals surface area contributed by atoms with Crippen molar-refractivity contribution in [1.82, 2.24) is 0 Å². The minimum Gasteiger partial charge on any atom is -0.491 e. The van der Waals surface area contributed by atoms with Gasteiger partial charge in [-0.3, -0.25) is 0 Å². The van der Waals surface area contributed by atoms with E-state index in [0.717, 1.165) is 28.2 Å². The normalized spacial score (nSPS) is 10.7. The fraction of sp³-hybridized carbons (Fsp3) is 0.217. The predicted octanol–water partition coefficient (Wildman–Crippen LogP) is 3.55. The van der Waals surface area contributed by atoms with Gasteiger partial charge in [0.2, 0.25) is 0 Å². The van der Waals surface area contributed by atoms with Gasteiger partial charge in [0, 0.05) is 29.7 Å². The second kappa shape index (κ2) is 9.90. The SMILES string of the molecule is OCCOc1cccc(N(c2ccc(CCO)cc2)c2cccc(CO)c2)c1. The minimum atomic E-state index is -0.0429. The van der Waals surface area contributed by atoms with E-state index >= 15 is 0 Å². The first-order valence-corrected chi connectivity index (χ1v) is 9.28. The van der Waals surface area contributed by atoms with E-state index in [1.54, 1.807) is 0 Å². The molecule has 146 valence electrons. The van der Waals surface area contributed by atoms with Gasteiger partial charge in [0.25, 0.3) is 0 Å². The summed E-state index contributed by atoms with van der Waals surface area (Å²) in [6.07, 6.45) is 0.616. The second-order valence-corrected chi connectivity index (χ2v) is 6.37. The standard InChI is InChI=1S/C23H25NO4/c25-12-11-18-7-9-20(10-8-18)24(21-4-1-3-19(15-21)17-27)22-5-2-6-23(16-22)28-14-13-26/h1-10,15-16,25-27H,11-14,17H2. The highest BCUT2D eigenvalue weighted by Crippen LogP contribution is 2.36. The monoisotopic (exact) mass is 379 g/mol. The summed E-state index contributed by atoms with van der Waals surface area (Å²) in [5, 5.41) is 27.7. The van der Waals surface area contributed by atoms with Gasteiger partial charge in [0.1, 0.15) is 12.4 Å². The molecule has 0 aliphatic carbocycles. The number of ether oxygens (including phenoxy) is 1. The molecule has 3 N–H and O–H groups in total. The van der Waals surface area contributed by atoms with Crippen LogP contribution in [0.1, 0.15) is 11.1 Å². The molecule has 0 amide bonds. The molecule has 5 nitrogen and oxygen atoms in total. The lowest BCUT2D eigenvalue weighted by Crippen LogP contribution is -2.11. The number of aliphatic hydroxyl groups is 3. The van der Waals surface area contributed by atoms with E-state index in [9.17, 15) is 5.11 Å². The van der Waals surface area contributed by atoms with Gasteiger partial charge in [-0.25, -0.2) is 0 Å². The zero-order valence-electron chi connectivity index (χ0n) is 15.7. The summed E-state index contributed by atoms with van der Waals surface area (Å²) in [4.78, 5) is 2.08. The molecule has 0 saturated heterocycles. The molecule has 5 heteroatoms. The van der Waals surface area contributed by atoms with Crippen LogP contribution in [-0.4, -0.2) is 35.1 Å². The highest BCUT2D eigenvalue weighted by atomic mass is 16.5. The number of rotatable bonds is 9. The topological polar surface area (TPSA) is 73.2 Å². The van der Waals surface area contributed by atoms with Crippen molar-refractivity contribution in [1.29, 1.82) is 0 Å². The average molecular weight is 379 g/mol. The Morgan fingerprint density at radius 1 is 0.679 bits per heavy atom. The lowest BCUT2D eigenvalue weighted by atomic mass is 10.1. The lowest BCUT2D eigenvalue weighted by molar-refractivity contribution is 0.201. The van der Waals surface area contributed by atoms with E-state index in [-0.39, 0.29) is 26.4 Å². The van der Waals surface area contributed by atoms with Crippen molar-refractivity contribution < 1.29 is 20.1 Å². The fourth-order valence-electron chi connectivity index (χ4n) is 3.06. The Kier molecular flexibility index (Phi) is 7.03. The van der Waals surface area contributed by atoms with Gasteiger partial charge >= 0.3 is 0 Å². The first-order valence-electron chi connectivity index (χ1n) is 9.28. The van der Waals surface area contributed by atoms with Crippen LogP contribution in [0.3, 0.4) is 0 Å². The van der Waals surface area contributed by atoms with Crippen LogP contribution in [0.5, 0.6) is 5.75 Å². The summed E-state index contributed by atoms with van der Waals surface area (Å²) in [7, 11) is 0. The van der Waals surface area contributed by atoms with Gasteiger partial charge in [0.05, 0.1) is 13.2 Å². The maximum atomic E-state index is 9.54. The van der Waals surface area contributed by atoms with Crippen LogP contribution in [-0.2, 0) is 13.0 Å². The van der Waals surface area contributed by atoms with E-state index in [4.69, 9.17) is 14.9 Å². The smallest absolute Gasteiger partial charge is 0.121 e. The molecule has 0 bridgehead atoms. The molecular formula is C23H25NO4. The van der Waals surface area contributed by atoms with Gasteiger partial charge in [-0.2, -0.15) is 0 Å². The van der Waals surface area contributed by atoms with Gasteiger partial charge < -0.3 is 25.0 Å². The summed E-state index contributed by atoms with van der Waals surface area (Å²) >= 11 is 0. The van der Waals surface area contributed by atoms with Gasteiger partial charge in [-0.1, -0.05) is 30.3 Å². The Morgan fingerprint density at radius 3 is 2.07 bits per heavy atom. The molecule has 3 rings (SSSR count). The summed E-state index contributed by atoms with van der Waals surface area (Å²) in [6.45, 7) is 0.279. The first-order chi connectivity index (χ1) is 13.7. The largest absolute Gasteiger partial charge is 0.491 e. The molecule has 0 saturated carbocycles. The van der Waals surface area contributed by atoms with Crippen LogP contribution in [0.15, 0.2) is 72.8 Å². The summed E-state index contributed by atoms with van der Waals surface area (Å²) in [5.41, 5.74) is 4.67. The Bertz CT molecular complexity index is 880. The molecular weight excluding hydrogens is 354 g/mol. The molecule has 28 heavy (non-hydrogen) atoms. The summed E-state index contributed by atoms with van der Waals surface area (Å²) in [6, 6.07) is 23.4. The number of aliphatic hydroxyl groups excluding tert-OH is 3. The molecule has 0 aliphatic heterocycles. The maximum Gasteiger partial charge on any atom is 0.121 e. The molecule has 3 aromatic rings. The van der Waals surface area contributed by atoms with E-state index in [0.29, 0.717) is 12.2 Å². The van der Waals surface area contributed by atoms with Crippen LogP contribution < -0.4 is 9.64 Å². The van der Waals surface area contributed by atoms with Gasteiger partial charge in [0.15, 0.2) is 0 Å². The molecule has 0 atom stereocenters. The summed E-state index contributed by atoms with van der Waals surface area (Å²) < 4.78 is 5.57. The van der Waals surface area contributed by atoms with Crippen LogP contribution in [0.2, 0.25) is 0 Å². The van der Waals surface area contributed by atoms with E-state index in [2.05, 4.69) is 4.90 Å². The highest BCUT2D eigenvalue weighted by molar-refractivity contribution is 5.77. The quantitative estimate of drug-likeness (QED) is 0.530. The Balaban J connectivity index is 2.03. The summed E-state index contributed by atoms with van der Waals surface area (Å²) in [5.74, 6) is 0.673. The molecule has 0 fully saturated rings. The third-order valence-electron chi connectivity index (χ3n) is 4.38. The minimum absolute atomic E-state index is 0.0310. The average Bonchev–Trinajstić information content (AvgIpc) is 2.74. The molecule has 3 aromatic carbocycles. The van der Waals surface area contributed by atoms with Gasteiger partial charge in [-0.05, 0) is 53.9 Å². The van der Waals surface area contributed by atoms with Crippen molar-refractivity contribution in [2.45, 2.75) is 13.0 Å². The predicted molar refractivity (Wildman–Crippen MR) is 110 cm³/mol. The molecule has 0 aromatic heterocycles. The number of anilines is 3. The van der Waals surface area contributed by atoms with Crippen molar-refractivity contribution in [3.8, 4) is 5.75 Å². The second-order valence-electron chi connectivity index (χ2n) is 6.37. The zero-order chi connectivity index (χ0) is 19.8. The van der Waals surface area contributed by atoms with Crippen molar-refractivity contribution >= 4 is 17.1 Å². The lowest BCUT2D eigenvalue weighted by Gasteiger charge is -2.26. The van der Waals surface area contributed by atoms with Crippen molar-refractivity contribution in [3.05, 3.63) is 83.9 Å². The third-order valence-corrected chi connectivity index (χ3v) is 4.38. The Hall–Kier alpha value is -2.86. The van der Waals surface area contributed by atoms with E-state index in [1.165, 1.54) is 0 Å². The number of hydrogen-bond donors (Lipinski definition) is 3. The van der Waals surface area contributed by atoms with Crippen LogP contribution >= 0.6 is 0 Å². The molecule has 0 heterocycles. The van der Waals surface area contributed by atoms with Crippen molar-refractivity contribution in [2.24, 2.45) is 0 Å². The van der Waals surface area contributed by atoms with Crippen molar-refractivity contribution in [3.63, 3.8) is 0 Å². The molecule has 0 radical (unpaired) electrons. The fourth-order valence-corrected chi connectivity index (χ4v) is 3.06.